The van der Waals surface area contributed by atoms with Crippen LogP contribution in [0.15, 0.2) is 97.3 Å². The Morgan fingerprint density at radius 2 is 1.18 bits per heavy atom. The average Bonchev–Trinajstić information content (AvgIpc) is 1.61. The minimum absolute atomic E-state index is 0.0303. The summed E-state index contributed by atoms with van der Waals surface area (Å²) in [5, 5.41) is 39.0. The number of ketones is 1. The number of hydrogen-bond donors (Lipinski definition) is 5. The van der Waals surface area contributed by atoms with E-state index in [0.29, 0.717) is 70.4 Å². The lowest BCUT2D eigenvalue weighted by Gasteiger charge is -2.22. The van der Waals surface area contributed by atoms with Crippen molar-refractivity contribution in [2.75, 3.05) is 67.5 Å². The van der Waals surface area contributed by atoms with Gasteiger partial charge >= 0.3 is 35.8 Å². The van der Waals surface area contributed by atoms with Gasteiger partial charge in [0.1, 0.15) is 46.7 Å². The Bertz CT molecular complexity index is 3760. The molecule has 0 spiro atoms. The molecule has 3 fully saturated rings. The van der Waals surface area contributed by atoms with Gasteiger partial charge in [0.25, 0.3) is 17.5 Å². The number of Topliss-reactive ketones (excluding diaryl/α,β-unsaturated/α-hetero) is 1. The summed E-state index contributed by atoms with van der Waals surface area (Å²) in [6.45, 7) is 4.25. The number of carbonyl (C=O) groups excluding carboxylic acids is 6. The second kappa shape index (κ2) is 30.8. The summed E-state index contributed by atoms with van der Waals surface area (Å²) in [6, 6.07) is 23.1. The van der Waals surface area contributed by atoms with Gasteiger partial charge in [0.05, 0.1) is 93.7 Å². The molecule has 2 amide bonds. The lowest BCUT2D eigenvalue weighted by molar-refractivity contribution is -0.385. The van der Waals surface area contributed by atoms with Gasteiger partial charge in [-0.2, -0.15) is 0 Å². The second-order valence-corrected chi connectivity index (χ2v) is 20.6. The van der Waals surface area contributed by atoms with Crippen LogP contribution in [0, 0.1) is 10.1 Å². The van der Waals surface area contributed by atoms with Crippen molar-refractivity contribution in [1.82, 2.24) is 24.7 Å². The number of aromatic carboxylic acids is 2. The van der Waals surface area contributed by atoms with E-state index in [1.165, 1.54) is 39.5 Å². The molecule has 3 atom stereocenters. The first-order valence-corrected chi connectivity index (χ1v) is 28.4. The lowest BCUT2D eigenvalue weighted by Crippen LogP contribution is -2.38. The minimum Gasteiger partial charge on any atom is -0.497 e. The number of imidazole rings is 1. The van der Waals surface area contributed by atoms with E-state index in [1.54, 1.807) is 80.9 Å². The highest BCUT2D eigenvalue weighted by molar-refractivity contribution is 6.04. The van der Waals surface area contributed by atoms with E-state index < -0.39 is 46.4 Å². The highest BCUT2D eigenvalue weighted by Crippen LogP contribution is 2.41. The molecular formula is C63H67N7O21. The number of amides is 2. The Morgan fingerprint density at radius 3 is 1.73 bits per heavy atom. The smallest absolute Gasteiger partial charge is 0.358 e. The molecule has 3 saturated heterocycles. The number of aliphatic carboxylic acids is 1. The monoisotopic (exact) mass is 1260 g/mol. The Hall–Kier alpha value is -10.9. The topological polar surface area (TPSA) is 384 Å². The van der Waals surface area contributed by atoms with Crippen molar-refractivity contribution in [2.24, 2.45) is 0 Å². The highest BCUT2D eigenvalue weighted by Gasteiger charge is 2.41. The maximum absolute atomic E-state index is 13.1. The zero-order valence-electron chi connectivity index (χ0n) is 50.5. The van der Waals surface area contributed by atoms with Crippen molar-refractivity contribution in [3.8, 4) is 34.4 Å². The normalized spacial score (nSPS) is 16.9. The van der Waals surface area contributed by atoms with Gasteiger partial charge in [-0.25, -0.2) is 24.2 Å². The molecule has 6 aliphatic rings. The fourth-order valence-electron chi connectivity index (χ4n) is 10.6. The van der Waals surface area contributed by atoms with E-state index in [0.717, 1.165) is 68.5 Å². The van der Waals surface area contributed by atoms with Crippen LogP contribution >= 0.6 is 0 Å². The van der Waals surface area contributed by atoms with Crippen LogP contribution in [0.5, 0.6) is 28.7 Å². The lowest BCUT2D eigenvalue weighted by atomic mass is 10.0. The molecule has 28 nitrogen and oxygen atoms in total. The van der Waals surface area contributed by atoms with Gasteiger partial charge in [0.2, 0.25) is 0 Å². The number of ether oxygens (including phenoxy) is 7. The number of carboxylic acids is 3. The van der Waals surface area contributed by atoms with Crippen LogP contribution < -0.4 is 34.7 Å². The summed E-state index contributed by atoms with van der Waals surface area (Å²) in [5.74, 6) is -1.98. The number of anilines is 1. The van der Waals surface area contributed by atoms with Crippen molar-refractivity contribution < 1.29 is 96.6 Å². The molecule has 0 unspecified atom stereocenters. The van der Waals surface area contributed by atoms with E-state index in [9.17, 15) is 53.3 Å². The number of cyclic esters (lactones) is 2. The van der Waals surface area contributed by atoms with E-state index in [-0.39, 0.29) is 77.0 Å². The predicted molar refractivity (Wildman–Crippen MR) is 322 cm³/mol. The SMILES string of the molecule is CCOC(=O)c1ncn2c1[C@@H]1CCCN1C(=O)c1cc(OC)ccc1-2.COc1ccc(N)c(C(=O)O)c1.COc1ccc([N+](=O)[O-])c(C(=O)O)c1.COc1ccc2c(c1)C(=O)N1CCC[C@H]1C(=O)C2.COc1ccc2c(c1)C(=O)OC(=O)C2.O=C(O)[C@@H]1CCCN1. The van der Waals surface area contributed by atoms with Gasteiger partial charge in [-0.3, -0.25) is 38.7 Å². The van der Waals surface area contributed by atoms with Crippen LogP contribution in [-0.4, -0.2) is 167 Å². The van der Waals surface area contributed by atoms with Crippen molar-refractivity contribution >= 4 is 64.8 Å². The summed E-state index contributed by atoms with van der Waals surface area (Å²) >= 11 is 0. The van der Waals surface area contributed by atoms with Crippen molar-refractivity contribution in [3.05, 3.63) is 158 Å². The first-order valence-electron chi connectivity index (χ1n) is 28.4. The average molecular weight is 1260 g/mol. The number of nitrogen functional groups attached to an aromatic ring is 1. The number of nitrogens with two attached hydrogens (primary N) is 1. The number of nitro groups is 1. The number of methoxy groups -OCH3 is 5. The van der Waals surface area contributed by atoms with E-state index in [4.69, 9.17) is 49.5 Å². The summed E-state index contributed by atoms with van der Waals surface area (Å²) < 4.78 is 36.5. The molecular weight excluding hydrogens is 1190 g/mol. The maximum atomic E-state index is 13.1. The number of nitrogens with zero attached hydrogens (tertiary/aromatic N) is 5. The third kappa shape index (κ3) is 16.1. The third-order valence-corrected chi connectivity index (χ3v) is 15.2. The van der Waals surface area contributed by atoms with Gasteiger partial charge in [-0.1, -0.05) is 12.1 Å². The number of esters is 3. The third-order valence-electron chi connectivity index (χ3n) is 15.2. The zero-order chi connectivity index (χ0) is 66.2. The molecule has 1 aromatic heterocycles. The summed E-state index contributed by atoms with van der Waals surface area (Å²) in [4.78, 5) is 121. The van der Waals surface area contributed by atoms with Crippen LogP contribution in [0.2, 0.25) is 0 Å². The molecule has 6 aromatic rings. The van der Waals surface area contributed by atoms with Gasteiger partial charge in [-0.15, -0.1) is 0 Å². The predicted octanol–water partition coefficient (Wildman–Crippen LogP) is 6.81. The van der Waals surface area contributed by atoms with Crippen molar-refractivity contribution in [2.45, 2.75) is 76.4 Å². The highest BCUT2D eigenvalue weighted by atomic mass is 16.6. The number of nitro benzene ring substituents is 1. The number of carboxylic acid groups (broad SMARTS) is 3. The molecule has 0 radical (unpaired) electrons. The number of rotatable bonds is 11. The van der Waals surface area contributed by atoms with E-state index in [1.807, 2.05) is 21.6 Å². The molecule has 480 valence electrons. The van der Waals surface area contributed by atoms with E-state index in [2.05, 4.69) is 15.0 Å². The van der Waals surface area contributed by atoms with Gasteiger partial charge in [0.15, 0.2) is 11.5 Å². The molecule has 7 heterocycles. The van der Waals surface area contributed by atoms with Crippen LogP contribution in [0.4, 0.5) is 11.4 Å². The molecule has 6 N–H and O–H groups in total. The first kappa shape index (κ1) is 67.6. The van der Waals surface area contributed by atoms with Gasteiger partial charge < -0.3 is 69.3 Å². The van der Waals surface area contributed by atoms with Crippen LogP contribution in [-0.2, 0) is 36.7 Å². The Balaban J connectivity index is 0.000000160. The Kier molecular flexibility index (Phi) is 22.9. The van der Waals surface area contributed by atoms with Gasteiger partial charge in [-0.05, 0) is 130 Å². The maximum Gasteiger partial charge on any atom is 0.358 e. The minimum atomic E-state index is -1.35. The second-order valence-electron chi connectivity index (χ2n) is 20.6. The summed E-state index contributed by atoms with van der Waals surface area (Å²) in [5.41, 5.74) is 9.69. The van der Waals surface area contributed by atoms with Crippen LogP contribution in [0.1, 0.15) is 131 Å². The van der Waals surface area contributed by atoms with Crippen molar-refractivity contribution in [1.29, 1.82) is 0 Å². The fourth-order valence-corrected chi connectivity index (χ4v) is 10.6. The molecule has 0 bridgehead atoms. The van der Waals surface area contributed by atoms with E-state index >= 15 is 0 Å². The number of carbonyl (C=O) groups is 9. The molecule has 0 aliphatic carbocycles. The van der Waals surface area contributed by atoms with Crippen LogP contribution in [0.3, 0.4) is 0 Å². The first-order chi connectivity index (χ1) is 43.6. The summed E-state index contributed by atoms with van der Waals surface area (Å²) in [7, 11) is 7.49. The Morgan fingerprint density at radius 1 is 0.659 bits per heavy atom. The largest absolute Gasteiger partial charge is 0.497 e. The number of fused-ring (bicyclic) bond motifs is 8. The Labute approximate surface area is 520 Å². The quantitative estimate of drug-likeness (QED) is 0.0292. The fraction of sp³-hybridized carbons (Fsp3) is 0.333. The van der Waals surface area contributed by atoms with Gasteiger partial charge in [0, 0.05) is 42.9 Å². The standard InChI is InChI=1S/C18H19N3O4.C14H15NO3.C10H8O4.C8H7NO5.C8H9NO3.C5H9NO2/c1-3-25-18(23)15-16-14-5-4-8-20(14)17(22)12-9-11(24-2)6-7-13(12)21(16)10-19-15;1-18-10-5-4-9-7-13(16)12-3-2-6-15(12)14(17)11(9)8-10;1-13-7-3-2-6-4-9(11)14-10(12)8(6)5-7;1-14-5-2-3-7(9(12)13)6(4-5)8(10)11;1-12-5-2-3-7(9)6(4-5)8(10)11;7-5(8)4-2-1-3-6-4/h6-7,9-10,14H,3-5,8H2,1-2H3;4-5,8,12H,2-3,6-7H2,1H3;2-3,5H,4H2,1H3;2-4H,1H3,(H,10,11);2-4H,9H2,1H3,(H,10,11);4,6H,1-3H2,(H,7,8)/t14-;12-;;;;4-/m00...0/s1. The molecule has 6 aliphatic heterocycles. The number of nitrogens with one attached hydrogen (secondary N) is 1. The molecule has 91 heavy (non-hydrogen) atoms. The van der Waals surface area contributed by atoms with Crippen molar-refractivity contribution in [3.63, 3.8) is 0 Å². The zero-order valence-corrected chi connectivity index (χ0v) is 50.5. The number of aromatic nitrogens is 2. The molecule has 0 saturated carbocycles. The summed E-state index contributed by atoms with van der Waals surface area (Å²) in [6.07, 6.45) is 7.29. The number of benzene rings is 5. The van der Waals surface area contributed by atoms with Crippen LogP contribution in [0.25, 0.3) is 5.69 Å². The molecule has 12 rings (SSSR count). The molecule has 28 heteroatoms. The number of hydrogen-bond acceptors (Lipinski definition) is 21. The molecule has 5 aromatic carbocycles.